The van der Waals surface area contributed by atoms with Crippen LogP contribution in [0.25, 0.3) is 10.3 Å². The van der Waals surface area contributed by atoms with Crippen molar-refractivity contribution in [2.75, 3.05) is 37.3 Å². The van der Waals surface area contributed by atoms with Crippen molar-refractivity contribution in [2.45, 2.75) is 30.8 Å². The number of nitrogens with zero attached hydrogens (tertiary/aromatic N) is 7. The summed E-state index contributed by atoms with van der Waals surface area (Å²) in [6.07, 6.45) is 8.96. The molecule has 7 nitrogen and oxygen atoms in total. The Kier molecular flexibility index (Phi) is 5.37. The Labute approximate surface area is 161 Å². The Morgan fingerprint density at radius 2 is 2.12 bits per heavy atom. The first-order chi connectivity index (χ1) is 12.8. The van der Waals surface area contributed by atoms with Gasteiger partial charge in [0.15, 0.2) is 15.8 Å². The van der Waals surface area contributed by atoms with Crippen LogP contribution < -0.4 is 4.90 Å². The highest BCUT2D eigenvalue weighted by molar-refractivity contribution is 8.00. The average Bonchev–Trinajstić information content (AvgIpc) is 3.23. The molecule has 1 aliphatic heterocycles. The standard InChI is InChI=1S/C17H23N7S2/c1-3-24-11-13(9-20-24)10-22-5-4-6-23(8-7-22)16-14-15(18-12-19-16)21-17(25-2)26-14/h9,11-12H,3-8,10H2,1-2H3. The zero-order valence-corrected chi connectivity index (χ0v) is 16.8. The molecule has 1 aliphatic rings. The summed E-state index contributed by atoms with van der Waals surface area (Å²) < 4.78 is 4.14. The zero-order chi connectivity index (χ0) is 17.9. The largest absolute Gasteiger partial charge is 0.354 e. The van der Waals surface area contributed by atoms with Crippen molar-refractivity contribution in [3.8, 4) is 0 Å². The number of hydrogen-bond donors (Lipinski definition) is 0. The first kappa shape index (κ1) is 17.7. The summed E-state index contributed by atoms with van der Waals surface area (Å²) in [4.78, 5) is 18.4. The van der Waals surface area contributed by atoms with Crippen molar-refractivity contribution in [1.29, 1.82) is 0 Å². The molecule has 0 spiro atoms. The minimum absolute atomic E-state index is 0.817. The lowest BCUT2D eigenvalue weighted by Gasteiger charge is -2.22. The highest BCUT2D eigenvalue weighted by Crippen LogP contribution is 2.33. The Balaban J connectivity index is 1.47. The molecule has 26 heavy (non-hydrogen) atoms. The van der Waals surface area contributed by atoms with E-state index in [1.54, 1.807) is 29.4 Å². The summed E-state index contributed by atoms with van der Waals surface area (Å²) in [6.45, 7) is 8.11. The van der Waals surface area contributed by atoms with E-state index in [4.69, 9.17) is 0 Å². The fourth-order valence-electron chi connectivity index (χ4n) is 3.30. The molecule has 0 radical (unpaired) electrons. The third-order valence-electron chi connectivity index (χ3n) is 4.63. The van der Waals surface area contributed by atoms with Crippen molar-refractivity contribution < 1.29 is 0 Å². The van der Waals surface area contributed by atoms with Crippen LogP contribution in [0.1, 0.15) is 18.9 Å². The molecule has 0 unspecified atom stereocenters. The van der Waals surface area contributed by atoms with Gasteiger partial charge in [-0.3, -0.25) is 9.58 Å². The highest BCUT2D eigenvalue weighted by Gasteiger charge is 2.20. The molecule has 1 saturated heterocycles. The minimum Gasteiger partial charge on any atom is -0.354 e. The molecule has 1 fully saturated rings. The van der Waals surface area contributed by atoms with E-state index >= 15 is 0 Å². The Bertz CT molecular complexity index is 875. The maximum Gasteiger partial charge on any atom is 0.176 e. The first-order valence-corrected chi connectivity index (χ1v) is 10.9. The van der Waals surface area contributed by atoms with Crippen LogP contribution in [0, 0.1) is 0 Å². The summed E-state index contributed by atoms with van der Waals surface area (Å²) in [5, 5.41) is 4.39. The lowest BCUT2D eigenvalue weighted by Crippen LogP contribution is -2.31. The Morgan fingerprint density at radius 3 is 2.92 bits per heavy atom. The maximum atomic E-state index is 4.59. The molecule has 4 rings (SSSR count). The second-order valence-electron chi connectivity index (χ2n) is 6.35. The molecule has 3 aromatic rings. The molecule has 0 N–H and O–H groups in total. The van der Waals surface area contributed by atoms with Gasteiger partial charge >= 0.3 is 0 Å². The summed E-state index contributed by atoms with van der Waals surface area (Å²) in [7, 11) is 0. The number of hydrogen-bond acceptors (Lipinski definition) is 8. The van der Waals surface area contributed by atoms with Crippen LogP contribution in [0.3, 0.4) is 0 Å². The number of aryl methyl sites for hydroxylation is 1. The van der Waals surface area contributed by atoms with Gasteiger partial charge in [-0.25, -0.2) is 15.0 Å². The van der Waals surface area contributed by atoms with E-state index in [9.17, 15) is 0 Å². The summed E-state index contributed by atoms with van der Waals surface area (Å²) >= 11 is 3.36. The van der Waals surface area contributed by atoms with Gasteiger partial charge in [0.1, 0.15) is 11.0 Å². The number of aromatic nitrogens is 5. The van der Waals surface area contributed by atoms with Gasteiger partial charge in [0.2, 0.25) is 0 Å². The maximum absolute atomic E-state index is 4.59. The van der Waals surface area contributed by atoms with Crippen LogP contribution >= 0.6 is 23.1 Å². The lowest BCUT2D eigenvalue weighted by molar-refractivity contribution is 0.285. The van der Waals surface area contributed by atoms with Gasteiger partial charge in [0, 0.05) is 51.0 Å². The SMILES string of the molecule is CCn1cc(CN2CCCN(c3ncnc4nc(SC)sc34)CC2)cn1. The monoisotopic (exact) mass is 389 g/mol. The van der Waals surface area contributed by atoms with Crippen LogP contribution in [0.15, 0.2) is 23.1 Å². The van der Waals surface area contributed by atoms with Gasteiger partial charge < -0.3 is 4.90 Å². The lowest BCUT2D eigenvalue weighted by atomic mass is 10.3. The van der Waals surface area contributed by atoms with Crippen LogP contribution in [-0.4, -0.2) is 62.1 Å². The van der Waals surface area contributed by atoms with Gasteiger partial charge in [0.25, 0.3) is 0 Å². The van der Waals surface area contributed by atoms with E-state index in [0.29, 0.717) is 0 Å². The predicted octanol–water partition coefficient (Wildman–Crippen LogP) is 2.74. The zero-order valence-electron chi connectivity index (χ0n) is 15.1. The molecule has 0 atom stereocenters. The predicted molar refractivity (Wildman–Crippen MR) is 107 cm³/mol. The van der Waals surface area contributed by atoms with E-state index in [0.717, 1.165) is 66.2 Å². The Hall–Kier alpha value is -1.71. The van der Waals surface area contributed by atoms with E-state index in [-0.39, 0.29) is 0 Å². The fraction of sp³-hybridized carbons (Fsp3) is 0.529. The molecule has 138 valence electrons. The molecule has 4 heterocycles. The van der Waals surface area contributed by atoms with Gasteiger partial charge in [-0.2, -0.15) is 5.10 Å². The average molecular weight is 390 g/mol. The number of thioether (sulfide) groups is 1. The number of thiazole rings is 1. The molecule has 3 aromatic heterocycles. The third kappa shape index (κ3) is 3.70. The van der Waals surface area contributed by atoms with Crippen molar-refractivity contribution in [3.05, 3.63) is 24.3 Å². The smallest absolute Gasteiger partial charge is 0.176 e. The van der Waals surface area contributed by atoms with Crippen LogP contribution in [0.4, 0.5) is 5.82 Å². The second kappa shape index (κ2) is 7.89. The van der Waals surface area contributed by atoms with Crippen molar-refractivity contribution in [3.63, 3.8) is 0 Å². The van der Waals surface area contributed by atoms with Crippen LogP contribution in [0.2, 0.25) is 0 Å². The topological polar surface area (TPSA) is 63.0 Å². The molecule has 0 bridgehead atoms. The quantitative estimate of drug-likeness (QED) is 0.622. The van der Waals surface area contributed by atoms with Gasteiger partial charge in [-0.1, -0.05) is 11.8 Å². The molecule has 9 heteroatoms. The number of rotatable bonds is 5. The third-order valence-corrected chi connectivity index (χ3v) is 6.66. The van der Waals surface area contributed by atoms with Gasteiger partial charge in [0.05, 0.1) is 6.20 Å². The van der Waals surface area contributed by atoms with Crippen molar-refractivity contribution in [2.24, 2.45) is 0 Å². The highest BCUT2D eigenvalue weighted by atomic mass is 32.2. The molecule has 0 saturated carbocycles. The number of anilines is 1. The molecular formula is C17H23N7S2. The molecule has 0 amide bonds. The van der Waals surface area contributed by atoms with Crippen LogP contribution in [-0.2, 0) is 13.1 Å². The van der Waals surface area contributed by atoms with Gasteiger partial charge in [-0.05, 0) is 19.6 Å². The van der Waals surface area contributed by atoms with Crippen molar-refractivity contribution in [1.82, 2.24) is 29.6 Å². The van der Waals surface area contributed by atoms with Gasteiger partial charge in [-0.15, -0.1) is 11.3 Å². The summed E-state index contributed by atoms with van der Waals surface area (Å²) in [5.41, 5.74) is 2.11. The van der Waals surface area contributed by atoms with Crippen LogP contribution in [0.5, 0.6) is 0 Å². The first-order valence-electron chi connectivity index (χ1n) is 8.91. The van der Waals surface area contributed by atoms with E-state index in [2.05, 4.69) is 49.2 Å². The minimum atomic E-state index is 0.817. The van der Waals surface area contributed by atoms with Crippen molar-refractivity contribution >= 4 is 39.3 Å². The fourth-order valence-corrected chi connectivity index (χ4v) is 4.83. The number of fused-ring (bicyclic) bond motifs is 1. The summed E-state index contributed by atoms with van der Waals surface area (Å²) in [6, 6.07) is 0. The van der Waals surface area contributed by atoms with E-state index in [1.807, 2.05) is 10.9 Å². The molecule has 0 aromatic carbocycles. The second-order valence-corrected chi connectivity index (χ2v) is 8.41. The van der Waals surface area contributed by atoms with E-state index in [1.165, 1.54) is 5.56 Å². The Morgan fingerprint density at radius 1 is 1.19 bits per heavy atom. The van der Waals surface area contributed by atoms with E-state index < -0.39 is 0 Å². The molecule has 0 aliphatic carbocycles. The molecular weight excluding hydrogens is 366 g/mol. The normalized spacial score (nSPS) is 16.3. The summed E-state index contributed by atoms with van der Waals surface area (Å²) in [5.74, 6) is 1.04.